The maximum atomic E-state index is 13.0. The number of amides is 1. The van der Waals surface area contributed by atoms with E-state index in [1.807, 2.05) is 19.1 Å². The van der Waals surface area contributed by atoms with Crippen molar-refractivity contribution in [1.82, 2.24) is 9.88 Å². The smallest absolute Gasteiger partial charge is 0.399 e. The van der Waals surface area contributed by atoms with Crippen molar-refractivity contribution in [2.75, 3.05) is 18.4 Å². The molecule has 1 aromatic heterocycles. The summed E-state index contributed by atoms with van der Waals surface area (Å²) in [4.78, 5) is 18.4. The molecule has 0 saturated carbocycles. The zero-order valence-corrected chi connectivity index (χ0v) is 15.7. The lowest BCUT2D eigenvalue weighted by atomic mass is 10.1. The summed E-state index contributed by atoms with van der Waals surface area (Å²) in [6.45, 7) is 2.24. The Kier molecular flexibility index (Phi) is 5.51. The molecule has 0 atom stereocenters. The van der Waals surface area contributed by atoms with Gasteiger partial charge in [-0.15, -0.1) is 0 Å². The fraction of sp³-hybridized carbons (Fsp3) is 0.263. The van der Waals surface area contributed by atoms with Crippen LogP contribution in [0.25, 0.3) is 0 Å². The quantitative estimate of drug-likeness (QED) is 0.796. The predicted octanol–water partition coefficient (Wildman–Crippen LogP) is 4.19. The van der Waals surface area contributed by atoms with Crippen LogP contribution in [0.2, 0.25) is 5.02 Å². The van der Waals surface area contributed by atoms with Gasteiger partial charge < -0.3 is 16.0 Å². The molecule has 2 heterocycles. The molecule has 0 fully saturated rings. The molecule has 0 saturated heterocycles. The van der Waals surface area contributed by atoms with Crippen molar-refractivity contribution in [3.05, 3.63) is 69.6 Å². The molecule has 28 heavy (non-hydrogen) atoms. The van der Waals surface area contributed by atoms with Gasteiger partial charge in [-0.3, -0.25) is 4.79 Å². The summed E-state index contributed by atoms with van der Waals surface area (Å²) in [5.41, 5.74) is 6.86. The summed E-state index contributed by atoms with van der Waals surface area (Å²) in [6, 6.07) is 8.82. The first-order valence-electron chi connectivity index (χ1n) is 8.50. The zero-order valence-electron chi connectivity index (χ0n) is 15.0. The van der Waals surface area contributed by atoms with E-state index in [2.05, 4.69) is 10.3 Å². The van der Waals surface area contributed by atoms with Crippen LogP contribution < -0.4 is 11.1 Å². The summed E-state index contributed by atoms with van der Waals surface area (Å²) in [5, 5.41) is 2.54. The Bertz CT molecular complexity index is 943. The lowest BCUT2D eigenvalue weighted by Gasteiger charge is -2.30. The minimum Gasteiger partial charge on any atom is -0.399 e. The molecule has 0 unspecified atom stereocenters. The molecule has 1 amide bonds. The van der Waals surface area contributed by atoms with Gasteiger partial charge in [-0.1, -0.05) is 23.7 Å². The van der Waals surface area contributed by atoms with E-state index in [0.717, 1.165) is 17.5 Å². The van der Waals surface area contributed by atoms with Gasteiger partial charge in [0, 0.05) is 30.1 Å². The summed E-state index contributed by atoms with van der Waals surface area (Å²) >= 11 is 5.86. The Morgan fingerprint density at radius 2 is 1.96 bits per heavy atom. The second kappa shape index (κ2) is 7.71. The van der Waals surface area contributed by atoms with E-state index in [1.165, 1.54) is 17.0 Å². The Morgan fingerprint density at radius 1 is 1.25 bits per heavy atom. The number of anilines is 1. The molecule has 0 radical (unpaired) electrons. The highest BCUT2D eigenvalue weighted by molar-refractivity contribution is 6.34. The van der Waals surface area contributed by atoms with E-state index in [-0.39, 0.29) is 12.1 Å². The maximum absolute atomic E-state index is 13.0. The van der Waals surface area contributed by atoms with E-state index in [4.69, 9.17) is 17.3 Å². The van der Waals surface area contributed by atoms with Crippen molar-refractivity contribution in [3.63, 3.8) is 0 Å². The van der Waals surface area contributed by atoms with E-state index >= 15 is 0 Å². The molecule has 1 aliphatic heterocycles. The average Bonchev–Trinajstić information content (AvgIpc) is 2.62. The first-order chi connectivity index (χ1) is 13.2. The number of carbonyl (C=O) groups is 1. The number of rotatable bonds is 3. The third-order valence-corrected chi connectivity index (χ3v) is 4.78. The number of hydrogen-bond donors (Lipinski definition) is 2. The van der Waals surface area contributed by atoms with Crippen LogP contribution in [0.3, 0.4) is 0 Å². The number of hydrogen-bond acceptors (Lipinski definition) is 4. The van der Waals surface area contributed by atoms with E-state index < -0.39 is 22.7 Å². The molecule has 3 N–H and O–H groups in total. The molecule has 2 aromatic rings. The van der Waals surface area contributed by atoms with Crippen molar-refractivity contribution < 1.29 is 18.0 Å². The minimum absolute atomic E-state index is 0.0829. The number of aromatic nitrogens is 1. The molecule has 0 aliphatic carbocycles. The standard InChI is InChI=1S/C19H18ClF3N4O/c1-11-4-2-7-16(25-11)26-15-8-9-27(10-14(15)24)18(28)12-5-3-6-13(17(12)20)19(21,22)23/h2-7H,8-10,24H2,1H3,(H,25,26). The first kappa shape index (κ1) is 20.0. The normalized spacial score (nSPS) is 15.0. The molecule has 1 aliphatic rings. The topological polar surface area (TPSA) is 71.2 Å². The summed E-state index contributed by atoms with van der Waals surface area (Å²) in [7, 11) is 0. The molecular formula is C19H18ClF3N4O. The monoisotopic (exact) mass is 410 g/mol. The van der Waals surface area contributed by atoms with Crippen LogP contribution in [-0.2, 0) is 6.18 Å². The largest absolute Gasteiger partial charge is 0.417 e. The predicted molar refractivity (Wildman–Crippen MR) is 101 cm³/mol. The fourth-order valence-electron chi connectivity index (χ4n) is 2.96. The molecule has 148 valence electrons. The number of nitrogens with two attached hydrogens (primary N) is 1. The zero-order chi connectivity index (χ0) is 20.5. The number of carbonyl (C=O) groups excluding carboxylic acids is 1. The Labute approximate surface area is 165 Å². The van der Waals surface area contributed by atoms with Crippen molar-refractivity contribution >= 4 is 23.3 Å². The van der Waals surface area contributed by atoms with Crippen molar-refractivity contribution in [2.45, 2.75) is 19.5 Å². The van der Waals surface area contributed by atoms with E-state index in [9.17, 15) is 18.0 Å². The highest BCUT2D eigenvalue weighted by atomic mass is 35.5. The molecule has 1 aromatic carbocycles. The number of alkyl halides is 3. The number of aryl methyl sites for hydroxylation is 1. The van der Waals surface area contributed by atoms with Crippen LogP contribution in [0.15, 0.2) is 47.8 Å². The average molecular weight is 411 g/mol. The van der Waals surface area contributed by atoms with Gasteiger partial charge >= 0.3 is 6.18 Å². The van der Waals surface area contributed by atoms with Gasteiger partial charge in [-0.05, 0) is 31.2 Å². The Hall–Kier alpha value is -2.74. The summed E-state index contributed by atoms with van der Waals surface area (Å²) in [5.74, 6) is 0.0467. The number of halogens is 4. The Balaban J connectivity index is 1.78. The van der Waals surface area contributed by atoms with Gasteiger partial charge in [0.15, 0.2) is 0 Å². The third-order valence-electron chi connectivity index (χ3n) is 4.37. The maximum Gasteiger partial charge on any atom is 0.417 e. The third kappa shape index (κ3) is 4.22. The molecule has 5 nitrogen and oxygen atoms in total. The van der Waals surface area contributed by atoms with Crippen molar-refractivity contribution in [2.24, 2.45) is 5.73 Å². The molecule has 0 bridgehead atoms. The fourth-order valence-corrected chi connectivity index (χ4v) is 3.27. The Morgan fingerprint density at radius 3 is 2.61 bits per heavy atom. The van der Waals surface area contributed by atoms with E-state index in [1.54, 1.807) is 6.07 Å². The van der Waals surface area contributed by atoms with Gasteiger partial charge in [-0.25, -0.2) is 4.98 Å². The van der Waals surface area contributed by atoms with E-state index in [0.29, 0.717) is 24.5 Å². The lowest BCUT2D eigenvalue weighted by Crippen LogP contribution is -2.40. The number of pyridine rings is 1. The summed E-state index contributed by atoms with van der Waals surface area (Å²) in [6.07, 6.45) is -4.21. The van der Waals surface area contributed by atoms with Crippen LogP contribution in [0, 0.1) is 6.92 Å². The molecule has 9 heteroatoms. The van der Waals surface area contributed by atoms with Crippen molar-refractivity contribution in [3.8, 4) is 0 Å². The lowest BCUT2D eigenvalue weighted by molar-refractivity contribution is -0.137. The van der Waals surface area contributed by atoms with Crippen LogP contribution in [0.1, 0.15) is 28.0 Å². The number of nitrogens with one attached hydrogen (secondary N) is 1. The molecule has 3 rings (SSSR count). The minimum atomic E-state index is -4.63. The van der Waals surface area contributed by atoms with Gasteiger partial charge in [0.05, 0.1) is 22.7 Å². The van der Waals surface area contributed by atoms with Crippen LogP contribution in [0.4, 0.5) is 19.0 Å². The van der Waals surface area contributed by atoms with Crippen molar-refractivity contribution in [1.29, 1.82) is 0 Å². The first-order valence-corrected chi connectivity index (χ1v) is 8.88. The highest BCUT2D eigenvalue weighted by Gasteiger charge is 2.35. The second-order valence-electron chi connectivity index (χ2n) is 6.43. The SMILES string of the molecule is Cc1cccc(NC2=C(N)CN(C(=O)c3cccc(C(F)(F)F)c3Cl)CC2)n1. The highest BCUT2D eigenvalue weighted by Crippen LogP contribution is 2.36. The van der Waals surface area contributed by atoms with Crippen LogP contribution >= 0.6 is 11.6 Å². The van der Waals surface area contributed by atoms with Crippen LogP contribution in [-0.4, -0.2) is 28.9 Å². The van der Waals surface area contributed by atoms with Gasteiger partial charge in [0.25, 0.3) is 5.91 Å². The summed E-state index contributed by atoms with van der Waals surface area (Å²) < 4.78 is 39.1. The molecule has 0 spiro atoms. The van der Waals surface area contributed by atoms with Gasteiger partial charge in [0.1, 0.15) is 5.82 Å². The molecular weight excluding hydrogens is 393 g/mol. The second-order valence-corrected chi connectivity index (χ2v) is 6.81. The number of benzene rings is 1. The van der Waals surface area contributed by atoms with Crippen LogP contribution in [0.5, 0.6) is 0 Å². The number of nitrogens with zero attached hydrogens (tertiary/aromatic N) is 2. The van der Waals surface area contributed by atoms with Gasteiger partial charge in [0.2, 0.25) is 0 Å². The van der Waals surface area contributed by atoms with Gasteiger partial charge in [-0.2, -0.15) is 13.2 Å².